The van der Waals surface area contributed by atoms with E-state index in [-0.39, 0.29) is 23.1 Å². The van der Waals surface area contributed by atoms with Gasteiger partial charge < -0.3 is 14.8 Å². The fourth-order valence-electron chi connectivity index (χ4n) is 3.86. The van der Waals surface area contributed by atoms with Crippen LogP contribution >= 0.6 is 12.4 Å². The second kappa shape index (κ2) is 12.9. The van der Waals surface area contributed by atoms with Crippen LogP contribution in [0.15, 0.2) is 41.3 Å². The Morgan fingerprint density at radius 1 is 1.12 bits per heavy atom. The van der Waals surface area contributed by atoms with Gasteiger partial charge in [0, 0.05) is 18.4 Å². The van der Waals surface area contributed by atoms with E-state index in [1.807, 2.05) is 18.2 Å². The molecular formula is C24H33ClN2O5S. The number of fused-ring (bicyclic) bond motifs is 1. The Balaban J connectivity index is 0.00000385. The molecule has 0 spiro atoms. The number of hydrogen-bond acceptors (Lipinski definition) is 6. The standard InChI is InChI=1S/C24H32N2O5S.ClH/c1-25-32(28,29)23-17-20(16-19-12-15-31-24(19)23)21(27)10-5-6-13-26-14-7-9-18-8-3-4-11-22(18)30-2;/h3-4,8,11,16-17,25-26H,5-7,9-10,12-15H2,1-2H3;1H. The number of halogens is 1. The van der Waals surface area contributed by atoms with Crippen molar-refractivity contribution in [1.82, 2.24) is 10.0 Å². The fraction of sp³-hybridized carbons (Fsp3) is 0.458. The molecule has 7 nitrogen and oxygen atoms in total. The van der Waals surface area contributed by atoms with Crippen molar-refractivity contribution < 1.29 is 22.7 Å². The summed E-state index contributed by atoms with van der Waals surface area (Å²) >= 11 is 0. The van der Waals surface area contributed by atoms with E-state index >= 15 is 0 Å². The van der Waals surface area contributed by atoms with Crippen LogP contribution in [0.5, 0.6) is 11.5 Å². The van der Waals surface area contributed by atoms with E-state index in [0.717, 1.165) is 50.1 Å². The largest absolute Gasteiger partial charge is 0.496 e. The molecule has 0 bridgehead atoms. The summed E-state index contributed by atoms with van der Waals surface area (Å²) in [5.41, 5.74) is 2.43. The van der Waals surface area contributed by atoms with Gasteiger partial charge in [-0.15, -0.1) is 12.4 Å². The number of hydrogen-bond donors (Lipinski definition) is 2. The van der Waals surface area contributed by atoms with Crippen LogP contribution < -0.4 is 19.5 Å². The predicted octanol–water partition coefficient (Wildman–Crippen LogP) is 3.54. The average Bonchev–Trinajstić information content (AvgIpc) is 3.28. The Labute approximate surface area is 202 Å². The molecule has 3 rings (SSSR count). The number of rotatable bonds is 13. The second-order valence-corrected chi connectivity index (χ2v) is 9.67. The molecule has 0 aliphatic carbocycles. The van der Waals surface area contributed by atoms with Gasteiger partial charge in [-0.05, 0) is 75.1 Å². The molecule has 2 aromatic carbocycles. The van der Waals surface area contributed by atoms with Crippen LogP contribution in [0.1, 0.15) is 47.2 Å². The van der Waals surface area contributed by atoms with Crippen LogP contribution in [0.3, 0.4) is 0 Å². The van der Waals surface area contributed by atoms with Gasteiger partial charge in [0.05, 0.1) is 13.7 Å². The molecule has 0 fully saturated rings. The molecular weight excluding hydrogens is 464 g/mol. The Morgan fingerprint density at radius 2 is 1.88 bits per heavy atom. The number of aryl methyl sites for hydroxylation is 1. The molecule has 1 aliphatic heterocycles. The van der Waals surface area contributed by atoms with Crippen LogP contribution in [0, 0.1) is 0 Å². The van der Waals surface area contributed by atoms with E-state index in [4.69, 9.17) is 9.47 Å². The highest BCUT2D eigenvalue weighted by atomic mass is 35.5. The van der Waals surface area contributed by atoms with Crippen LogP contribution in [-0.4, -0.2) is 48.1 Å². The van der Waals surface area contributed by atoms with Gasteiger partial charge in [0.25, 0.3) is 0 Å². The Kier molecular flexibility index (Phi) is 10.6. The van der Waals surface area contributed by atoms with Gasteiger partial charge >= 0.3 is 0 Å². The maximum absolute atomic E-state index is 12.7. The number of sulfonamides is 1. The van der Waals surface area contributed by atoms with Crippen LogP contribution in [0.25, 0.3) is 0 Å². The minimum atomic E-state index is -3.69. The summed E-state index contributed by atoms with van der Waals surface area (Å²) in [5.74, 6) is 1.26. The van der Waals surface area contributed by atoms with E-state index in [1.165, 1.54) is 18.7 Å². The molecule has 182 valence electrons. The quantitative estimate of drug-likeness (QED) is 0.325. The van der Waals surface area contributed by atoms with Crippen molar-refractivity contribution in [3.63, 3.8) is 0 Å². The lowest BCUT2D eigenvalue weighted by atomic mass is 10.0. The zero-order valence-electron chi connectivity index (χ0n) is 19.2. The minimum absolute atomic E-state index is 0. The topological polar surface area (TPSA) is 93.7 Å². The maximum Gasteiger partial charge on any atom is 0.244 e. The summed E-state index contributed by atoms with van der Waals surface area (Å²) in [6, 6.07) is 11.3. The Bertz CT molecular complexity index is 1040. The molecule has 0 saturated carbocycles. The molecule has 9 heteroatoms. The first-order valence-electron chi connectivity index (χ1n) is 11.1. The molecule has 1 heterocycles. The molecule has 0 aromatic heterocycles. The molecule has 1 aliphatic rings. The molecule has 2 N–H and O–H groups in total. The van der Waals surface area contributed by atoms with Crippen molar-refractivity contribution in [3.05, 3.63) is 53.1 Å². The summed E-state index contributed by atoms with van der Waals surface area (Å²) in [7, 11) is -0.642. The zero-order valence-corrected chi connectivity index (χ0v) is 20.8. The lowest BCUT2D eigenvalue weighted by molar-refractivity contribution is 0.0979. The highest BCUT2D eigenvalue weighted by Crippen LogP contribution is 2.34. The monoisotopic (exact) mass is 496 g/mol. The van der Waals surface area contributed by atoms with Crippen molar-refractivity contribution in [2.24, 2.45) is 0 Å². The number of methoxy groups -OCH3 is 1. The van der Waals surface area contributed by atoms with Gasteiger partial charge in [0.15, 0.2) is 5.78 Å². The minimum Gasteiger partial charge on any atom is -0.496 e. The first-order valence-corrected chi connectivity index (χ1v) is 12.5. The molecule has 0 atom stereocenters. The summed E-state index contributed by atoms with van der Waals surface area (Å²) in [5, 5.41) is 3.42. The SMILES string of the molecule is CNS(=O)(=O)c1cc(C(=O)CCCCNCCCc2ccccc2OC)cc2c1OCC2.Cl. The number of carbonyl (C=O) groups is 1. The highest BCUT2D eigenvalue weighted by Gasteiger charge is 2.26. The van der Waals surface area contributed by atoms with E-state index in [1.54, 1.807) is 13.2 Å². The van der Waals surface area contributed by atoms with Gasteiger partial charge in [-0.3, -0.25) is 4.79 Å². The van der Waals surface area contributed by atoms with Gasteiger partial charge in [-0.1, -0.05) is 18.2 Å². The highest BCUT2D eigenvalue weighted by molar-refractivity contribution is 7.89. The van der Waals surface area contributed by atoms with Crippen molar-refractivity contribution in [1.29, 1.82) is 0 Å². The number of ether oxygens (including phenoxy) is 2. The summed E-state index contributed by atoms with van der Waals surface area (Å²) in [6.45, 7) is 2.18. The third-order valence-electron chi connectivity index (χ3n) is 5.63. The zero-order chi connectivity index (χ0) is 23.0. The number of ketones is 1. The van der Waals surface area contributed by atoms with Gasteiger partial charge in [0.1, 0.15) is 16.4 Å². The Hall–Kier alpha value is -2.13. The van der Waals surface area contributed by atoms with E-state index in [2.05, 4.69) is 16.1 Å². The summed E-state index contributed by atoms with van der Waals surface area (Å²) in [6.07, 6.45) is 4.60. The molecule has 0 saturated heterocycles. The molecule has 33 heavy (non-hydrogen) atoms. The number of nitrogens with one attached hydrogen (secondary N) is 2. The van der Waals surface area contributed by atoms with Crippen molar-refractivity contribution in [3.8, 4) is 11.5 Å². The summed E-state index contributed by atoms with van der Waals surface area (Å²) in [4.78, 5) is 12.7. The number of benzene rings is 2. The van der Waals surface area contributed by atoms with Crippen LogP contribution in [0.4, 0.5) is 0 Å². The Morgan fingerprint density at radius 3 is 2.64 bits per heavy atom. The number of Topliss-reactive ketones (excluding diaryl/α,β-unsaturated/α-hetero) is 1. The molecule has 0 radical (unpaired) electrons. The number of carbonyl (C=O) groups excluding carboxylic acids is 1. The lowest BCUT2D eigenvalue weighted by Gasteiger charge is -2.11. The first kappa shape index (κ1) is 27.1. The number of para-hydroxylation sites is 1. The second-order valence-electron chi connectivity index (χ2n) is 7.81. The maximum atomic E-state index is 12.7. The fourth-order valence-corrected chi connectivity index (χ4v) is 4.80. The van der Waals surface area contributed by atoms with E-state index < -0.39 is 10.0 Å². The number of unbranched alkanes of at least 4 members (excludes halogenated alkanes) is 1. The van der Waals surface area contributed by atoms with Crippen LogP contribution in [-0.2, 0) is 22.9 Å². The van der Waals surface area contributed by atoms with Gasteiger partial charge in [0.2, 0.25) is 10.0 Å². The smallest absolute Gasteiger partial charge is 0.244 e. The first-order chi connectivity index (χ1) is 15.5. The van der Waals surface area contributed by atoms with E-state index in [9.17, 15) is 13.2 Å². The van der Waals surface area contributed by atoms with Crippen LogP contribution in [0.2, 0.25) is 0 Å². The van der Waals surface area contributed by atoms with Crippen molar-refractivity contribution >= 4 is 28.2 Å². The average molecular weight is 497 g/mol. The summed E-state index contributed by atoms with van der Waals surface area (Å²) < 4.78 is 37.8. The molecule has 2 aromatic rings. The molecule has 0 amide bonds. The third-order valence-corrected chi connectivity index (χ3v) is 7.05. The molecule has 0 unspecified atom stereocenters. The van der Waals surface area contributed by atoms with Gasteiger partial charge in [-0.25, -0.2) is 13.1 Å². The third kappa shape index (κ3) is 7.17. The lowest BCUT2D eigenvalue weighted by Crippen LogP contribution is -2.20. The van der Waals surface area contributed by atoms with Gasteiger partial charge in [-0.2, -0.15) is 0 Å². The normalized spacial score (nSPS) is 12.5. The van der Waals surface area contributed by atoms with Crippen molar-refractivity contribution in [2.75, 3.05) is 33.9 Å². The van der Waals surface area contributed by atoms with Crippen molar-refractivity contribution in [2.45, 2.75) is 43.4 Å². The van der Waals surface area contributed by atoms with E-state index in [0.29, 0.717) is 30.8 Å². The predicted molar refractivity (Wildman–Crippen MR) is 132 cm³/mol.